The third kappa shape index (κ3) is 6.48. The Morgan fingerprint density at radius 2 is 1.67 bits per heavy atom. The van der Waals surface area contributed by atoms with Crippen molar-refractivity contribution < 1.29 is 17.9 Å². The van der Waals surface area contributed by atoms with Crippen molar-refractivity contribution in [2.75, 3.05) is 6.61 Å². The van der Waals surface area contributed by atoms with Crippen LogP contribution >= 0.6 is 0 Å². The Labute approximate surface area is 161 Å². The molecule has 2 rings (SSSR count). The van der Waals surface area contributed by atoms with Crippen LogP contribution in [0, 0.1) is 0 Å². The van der Waals surface area contributed by atoms with Gasteiger partial charge in [0.05, 0.1) is 11.5 Å². The lowest BCUT2D eigenvalue weighted by atomic mass is 10.1. The van der Waals surface area contributed by atoms with Crippen LogP contribution in [-0.4, -0.2) is 27.0 Å². The number of carbonyl (C=O) groups excluding carboxylic acids is 1. The van der Waals surface area contributed by atoms with Gasteiger partial charge in [0.25, 0.3) is 0 Å². The van der Waals surface area contributed by atoms with Gasteiger partial charge in [-0.2, -0.15) is 4.72 Å². The number of rotatable bonds is 10. The molecule has 1 unspecified atom stereocenters. The van der Waals surface area contributed by atoms with Crippen molar-refractivity contribution in [3.8, 4) is 0 Å². The van der Waals surface area contributed by atoms with Gasteiger partial charge >= 0.3 is 5.97 Å². The maximum Gasteiger partial charge on any atom is 0.324 e. The summed E-state index contributed by atoms with van der Waals surface area (Å²) >= 11 is 0. The quantitative estimate of drug-likeness (QED) is 0.632. The third-order valence-electron chi connectivity index (χ3n) is 4.20. The second-order valence-electron chi connectivity index (χ2n) is 6.36. The average Bonchev–Trinajstić information content (AvgIpc) is 2.67. The fraction of sp³-hybridized carbons (Fsp3) is 0.381. The van der Waals surface area contributed by atoms with Gasteiger partial charge in [0.1, 0.15) is 6.04 Å². The van der Waals surface area contributed by atoms with Crippen LogP contribution < -0.4 is 4.72 Å². The van der Waals surface area contributed by atoms with E-state index in [1.807, 2.05) is 42.5 Å². The second-order valence-corrected chi connectivity index (χ2v) is 8.08. The predicted molar refractivity (Wildman–Crippen MR) is 106 cm³/mol. The van der Waals surface area contributed by atoms with E-state index in [2.05, 4.69) is 11.6 Å². The van der Waals surface area contributed by atoms with Crippen LogP contribution in [0.2, 0.25) is 0 Å². The molecular weight excluding hydrogens is 362 g/mol. The van der Waals surface area contributed by atoms with Crippen LogP contribution in [0.3, 0.4) is 0 Å². The molecule has 0 radical (unpaired) electrons. The van der Waals surface area contributed by atoms with Gasteiger partial charge < -0.3 is 4.74 Å². The van der Waals surface area contributed by atoms with Gasteiger partial charge in [-0.3, -0.25) is 4.79 Å². The molecule has 2 aromatic carbocycles. The first-order valence-electron chi connectivity index (χ1n) is 9.28. The topological polar surface area (TPSA) is 72.5 Å². The number of carbonyl (C=O) groups is 1. The molecule has 0 fully saturated rings. The molecule has 27 heavy (non-hydrogen) atoms. The zero-order chi connectivity index (χ0) is 19.7. The Morgan fingerprint density at radius 3 is 2.26 bits per heavy atom. The molecule has 1 atom stereocenters. The molecule has 146 valence electrons. The molecule has 0 heterocycles. The number of benzene rings is 2. The lowest BCUT2D eigenvalue weighted by molar-refractivity contribution is -0.145. The van der Waals surface area contributed by atoms with E-state index in [4.69, 9.17) is 4.74 Å². The summed E-state index contributed by atoms with van der Waals surface area (Å²) in [5.41, 5.74) is 1.95. The summed E-state index contributed by atoms with van der Waals surface area (Å²) in [6.45, 7) is 4.00. The van der Waals surface area contributed by atoms with Gasteiger partial charge in [-0.25, -0.2) is 8.42 Å². The van der Waals surface area contributed by atoms with E-state index in [1.54, 1.807) is 19.1 Å². The maximum absolute atomic E-state index is 12.7. The summed E-state index contributed by atoms with van der Waals surface area (Å²) in [4.78, 5) is 12.4. The van der Waals surface area contributed by atoms with E-state index in [9.17, 15) is 13.2 Å². The van der Waals surface area contributed by atoms with Gasteiger partial charge in [-0.1, -0.05) is 55.8 Å². The van der Waals surface area contributed by atoms with Crippen molar-refractivity contribution in [1.29, 1.82) is 0 Å². The molecule has 0 spiro atoms. The minimum absolute atomic E-state index is 0.144. The molecule has 1 N–H and O–H groups in total. The molecule has 6 heteroatoms. The zero-order valence-corrected chi connectivity index (χ0v) is 16.7. The molecule has 5 nitrogen and oxygen atoms in total. The highest BCUT2D eigenvalue weighted by atomic mass is 32.2. The molecule has 0 bridgehead atoms. The maximum atomic E-state index is 12.7. The summed E-state index contributed by atoms with van der Waals surface area (Å²) in [6.07, 6.45) is 3.30. The molecular formula is C21H27NO4S. The van der Waals surface area contributed by atoms with Gasteiger partial charge in [0, 0.05) is 0 Å². The SMILES string of the molecule is CCCCc1ccc(S(=O)(=O)NC(Cc2ccccc2)C(=O)OCC)cc1. The van der Waals surface area contributed by atoms with Crippen molar-refractivity contribution in [1.82, 2.24) is 4.72 Å². The molecule has 0 saturated carbocycles. The van der Waals surface area contributed by atoms with E-state index in [1.165, 1.54) is 0 Å². The number of hydrogen-bond acceptors (Lipinski definition) is 4. The predicted octanol–water partition coefficient (Wildman–Crippen LogP) is 3.48. The minimum Gasteiger partial charge on any atom is -0.465 e. The molecule has 0 aliphatic heterocycles. The molecule has 0 aliphatic rings. The first-order valence-corrected chi connectivity index (χ1v) is 10.8. The zero-order valence-electron chi connectivity index (χ0n) is 15.9. The van der Waals surface area contributed by atoms with Gasteiger partial charge in [-0.15, -0.1) is 0 Å². The average molecular weight is 390 g/mol. The Hall–Kier alpha value is -2.18. The number of nitrogens with one attached hydrogen (secondary N) is 1. The van der Waals surface area contributed by atoms with Crippen molar-refractivity contribution in [2.24, 2.45) is 0 Å². The summed E-state index contributed by atoms with van der Waals surface area (Å²) < 4.78 is 33.1. The summed E-state index contributed by atoms with van der Waals surface area (Å²) in [6, 6.07) is 15.1. The van der Waals surface area contributed by atoms with Gasteiger partial charge in [0.15, 0.2) is 0 Å². The largest absolute Gasteiger partial charge is 0.465 e. The van der Waals surface area contributed by atoms with E-state index in [0.29, 0.717) is 0 Å². The van der Waals surface area contributed by atoms with E-state index >= 15 is 0 Å². The second kappa shape index (κ2) is 10.2. The van der Waals surface area contributed by atoms with E-state index in [0.717, 1.165) is 30.4 Å². The number of aryl methyl sites for hydroxylation is 1. The van der Waals surface area contributed by atoms with Crippen LogP contribution in [0.15, 0.2) is 59.5 Å². The van der Waals surface area contributed by atoms with Crippen molar-refractivity contribution in [2.45, 2.75) is 50.5 Å². The molecule has 0 aliphatic carbocycles. The fourth-order valence-electron chi connectivity index (χ4n) is 2.74. The standard InChI is InChI=1S/C21H27NO4S/c1-3-5-9-17-12-14-19(15-13-17)27(24,25)22-20(21(23)26-4-2)16-18-10-7-6-8-11-18/h6-8,10-15,20,22H,3-5,9,16H2,1-2H3. The monoisotopic (exact) mass is 389 g/mol. The van der Waals surface area contributed by atoms with Crippen LogP contribution in [0.5, 0.6) is 0 Å². The molecule has 0 saturated heterocycles. The summed E-state index contributed by atoms with van der Waals surface area (Å²) in [5, 5.41) is 0. The number of ether oxygens (including phenoxy) is 1. The van der Waals surface area contributed by atoms with Crippen LogP contribution in [0.1, 0.15) is 37.8 Å². The highest BCUT2D eigenvalue weighted by Gasteiger charge is 2.27. The molecule has 0 aromatic heterocycles. The summed E-state index contributed by atoms with van der Waals surface area (Å²) in [7, 11) is -3.83. The van der Waals surface area contributed by atoms with Gasteiger partial charge in [0.2, 0.25) is 10.0 Å². The van der Waals surface area contributed by atoms with Crippen molar-refractivity contribution in [3.63, 3.8) is 0 Å². The highest BCUT2D eigenvalue weighted by molar-refractivity contribution is 7.89. The molecule has 2 aromatic rings. The lowest BCUT2D eigenvalue weighted by Gasteiger charge is -2.17. The van der Waals surface area contributed by atoms with Gasteiger partial charge in [-0.05, 0) is 49.4 Å². The Bertz CT molecular complexity index is 817. The fourth-order valence-corrected chi connectivity index (χ4v) is 3.92. The first kappa shape index (κ1) is 21.1. The number of unbranched alkanes of at least 4 members (excludes halogenated alkanes) is 1. The highest BCUT2D eigenvalue weighted by Crippen LogP contribution is 2.14. The van der Waals surface area contributed by atoms with E-state index in [-0.39, 0.29) is 17.9 Å². The van der Waals surface area contributed by atoms with Crippen LogP contribution in [0.4, 0.5) is 0 Å². The van der Waals surface area contributed by atoms with Crippen LogP contribution in [0.25, 0.3) is 0 Å². The number of hydrogen-bond donors (Lipinski definition) is 1. The van der Waals surface area contributed by atoms with Crippen molar-refractivity contribution >= 4 is 16.0 Å². The molecule has 0 amide bonds. The first-order chi connectivity index (χ1) is 13.0. The Kier molecular flexibility index (Phi) is 8.00. The minimum atomic E-state index is -3.83. The van der Waals surface area contributed by atoms with Crippen molar-refractivity contribution in [3.05, 3.63) is 65.7 Å². The van der Waals surface area contributed by atoms with Crippen LogP contribution in [-0.2, 0) is 32.4 Å². The summed E-state index contributed by atoms with van der Waals surface area (Å²) in [5.74, 6) is -0.579. The third-order valence-corrected chi connectivity index (χ3v) is 5.69. The lowest BCUT2D eigenvalue weighted by Crippen LogP contribution is -2.43. The number of sulfonamides is 1. The normalized spacial score (nSPS) is 12.5. The Balaban J connectivity index is 2.17. The number of esters is 1. The Morgan fingerprint density at radius 1 is 1.00 bits per heavy atom. The van der Waals surface area contributed by atoms with E-state index < -0.39 is 22.0 Å². The smallest absolute Gasteiger partial charge is 0.324 e.